The molecule has 6 atom stereocenters. The summed E-state index contributed by atoms with van der Waals surface area (Å²) in [6.07, 6.45) is 5.36. The van der Waals surface area contributed by atoms with Gasteiger partial charge < -0.3 is 0 Å². The first-order valence-corrected chi connectivity index (χ1v) is 9.04. The van der Waals surface area contributed by atoms with Gasteiger partial charge in [0.15, 0.2) is 0 Å². The number of hydrogen-bond donors (Lipinski definition) is 0. The first-order valence-electron chi connectivity index (χ1n) is 9.04. The average Bonchev–Trinajstić information content (AvgIpc) is 3.40. The largest absolute Gasteiger partial charge is 0.294 e. The summed E-state index contributed by atoms with van der Waals surface area (Å²) in [6, 6.07) is 5.48. The number of benzene rings is 1. The van der Waals surface area contributed by atoms with Gasteiger partial charge in [0.05, 0.1) is 11.8 Å². The number of allylic oxidation sites excluding steroid dienone is 2. The highest BCUT2D eigenvalue weighted by atomic mass is 19.1. The maximum atomic E-state index is 13.2. The van der Waals surface area contributed by atoms with Crippen molar-refractivity contribution in [2.45, 2.75) is 13.3 Å². The van der Waals surface area contributed by atoms with E-state index in [-0.39, 0.29) is 48.1 Å². The molecular weight excluding hydrogens is 335 g/mol. The third-order valence-corrected chi connectivity index (χ3v) is 6.56. The van der Waals surface area contributed by atoms with Gasteiger partial charge in [-0.05, 0) is 54.4 Å². The average molecular weight is 354 g/mol. The lowest BCUT2D eigenvalue weighted by molar-refractivity contribution is -0.140. The second-order valence-electron chi connectivity index (χ2n) is 7.82. The van der Waals surface area contributed by atoms with Crippen molar-refractivity contribution in [3.05, 3.63) is 42.2 Å². The molecule has 26 heavy (non-hydrogen) atoms. The molecule has 1 aromatic rings. The topological polar surface area (TPSA) is 57.7 Å². The van der Waals surface area contributed by atoms with Gasteiger partial charge in [0.1, 0.15) is 12.5 Å². The number of nitrogens with zero attached hydrogens (tertiary/aromatic N) is 2. The Labute approximate surface area is 150 Å². The van der Waals surface area contributed by atoms with E-state index in [9.17, 15) is 18.8 Å². The molecule has 2 saturated carbocycles. The Morgan fingerprint density at radius 2 is 1.62 bits per heavy atom. The first-order chi connectivity index (χ1) is 12.5. The van der Waals surface area contributed by atoms with Crippen LogP contribution in [-0.2, 0) is 14.4 Å². The molecule has 5 aliphatic rings. The maximum Gasteiger partial charge on any atom is 0.235 e. The molecule has 1 saturated heterocycles. The van der Waals surface area contributed by atoms with Crippen LogP contribution in [0.4, 0.5) is 10.1 Å². The van der Waals surface area contributed by atoms with Crippen LogP contribution in [0.5, 0.6) is 0 Å². The van der Waals surface area contributed by atoms with Crippen LogP contribution in [0.3, 0.4) is 0 Å². The maximum absolute atomic E-state index is 13.2. The van der Waals surface area contributed by atoms with Crippen molar-refractivity contribution in [1.29, 1.82) is 0 Å². The van der Waals surface area contributed by atoms with E-state index in [1.165, 1.54) is 41.0 Å². The second-order valence-corrected chi connectivity index (χ2v) is 7.82. The quantitative estimate of drug-likeness (QED) is 0.618. The highest BCUT2D eigenvalue weighted by Gasteiger charge is 2.67. The molecule has 6 rings (SSSR count). The number of rotatable bonds is 3. The fraction of sp³-hybridized carbons (Fsp3) is 0.450. The molecule has 0 spiro atoms. The Hall–Kier alpha value is -2.50. The zero-order chi connectivity index (χ0) is 18.2. The molecule has 1 heterocycles. The van der Waals surface area contributed by atoms with Crippen molar-refractivity contribution < 1.29 is 18.8 Å². The minimum absolute atomic E-state index is 0.111. The van der Waals surface area contributed by atoms with Crippen LogP contribution in [0.1, 0.15) is 13.3 Å². The van der Waals surface area contributed by atoms with Crippen LogP contribution in [0, 0.1) is 41.3 Å². The molecule has 0 aromatic heterocycles. The fourth-order valence-corrected chi connectivity index (χ4v) is 5.28. The smallest absolute Gasteiger partial charge is 0.235 e. The molecule has 134 valence electrons. The Morgan fingerprint density at radius 3 is 2.12 bits per heavy atom. The second kappa shape index (κ2) is 5.25. The van der Waals surface area contributed by atoms with E-state index < -0.39 is 5.82 Å². The summed E-state index contributed by atoms with van der Waals surface area (Å²) in [4.78, 5) is 40.7. The van der Waals surface area contributed by atoms with Crippen molar-refractivity contribution in [1.82, 2.24) is 4.90 Å². The molecule has 5 nitrogen and oxygen atoms in total. The van der Waals surface area contributed by atoms with E-state index in [0.717, 1.165) is 6.42 Å². The number of carbonyl (C=O) groups is 3. The standard InChI is InChI=1S/C20H19FN2O3/c1-10(24)22(12-4-2-11(21)3-5-12)9-23-19(25)17-13-6-7-14(16-8-15(13)16)18(17)20(23)26/h2-7,13-18H,8-9H2,1H3/t13-,14+,15-,16-,17+,18+/m1/s1. The number of halogens is 1. The lowest BCUT2D eigenvalue weighted by Crippen LogP contribution is -2.44. The van der Waals surface area contributed by atoms with Crippen molar-refractivity contribution in [2.24, 2.45) is 35.5 Å². The van der Waals surface area contributed by atoms with E-state index in [4.69, 9.17) is 0 Å². The van der Waals surface area contributed by atoms with E-state index in [0.29, 0.717) is 17.5 Å². The third kappa shape index (κ3) is 2.04. The van der Waals surface area contributed by atoms with Crippen molar-refractivity contribution >= 4 is 23.4 Å². The SMILES string of the molecule is CC(=O)N(CN1C(=O)[C@H]2[C@@H]3C=C[C@@H]([C@H]4C[C@H]34)[C@@H]2C1=O)c1ccc(F)cc1. The summed E-state index contributed by atoms with van der Waals surface area (Å²) in [7, 11) is 0. The Morgan fingerprint density at radius 1 is 1.08 bits per heavy atom. The summed E-state index contributed by atoms with van der Waals surface area (Å²) in [5.41, 5.74) is 0.471. The summed E-state index contributed by atoms with van der Waals surface area (Å²) in [5.74, 6) is -0.175. The van der Waals surface area contributed by atoms with Crippen LogP contribution >= 0.6 is 0 Å². The highest BCUT2D eigenvalue weighted by Crippen LogP contribution is 2.65. The summed E-state index contributed by atoms with van der Waals surface area (Å²) >= 11 is 0. The highest BCUT2D eigenvalue weighted by molar-refractivity contribution is 6.07. The molecule has 3 amide bonds. The van der Waals surface area contributed by atoms with E-state index in [1.54, 1.807) is 0 Å². The normalized spacial score (nSPS) is 36.2. The number of amides is 3. The van der Waals surface area contributed by atoms with Gasteiger partial charge in [-0.3, -0.25) is 24.2 Å². The molecule has 4 aliphatic carbocycles. The van der Waals surface area contributed by atoms with Crippen molar-refractivity contribution in [3.63, 3.8) is 0 Å². The third-order valence-electron chi connectivity index (χ3n) is 6.56. The molecule has 6 heteroatoms. The van der Waals surface area contributed by atoms with Crippen molar-refractivity contribution in [2.75, 3.05) is 11.6 Å². The van der Waals surface area contributed by atoms with Gasteiger partial charge in [0.25, 0.3) is 0 Å². The van der Waals surface area contributed by atoms with Gasteiger partial charge in [0, 0.05) is 12.6 Å². The zero-order valence-corrected chi connectivity index (χ0v) is 14.3. The monoisotopic (exact) mass is 354 g/mol. The van der Waals surface area contributed by atoms with Crippen LogP contribution < -0.4 is 4.90 Å². The molecule has 0 radical (unpaired) electrons. The molecule has 3 fully saturated rings. The predicted octanol–water partition coefficient (Wildman–Crippen LogP) is 2.19. The number of anilines is 1. The van der Waals surface area contributed by atoms with Crippen molar-refractivity contribution in [3.8, 4) is 0 Å². The van der Waals surface area contributed by atoms with Crippen LogP contribution in [-0.4, -0.2) is 29.3 Å². The van der Waals surface area contributed by atoms with E-state index in [2.05, 4.69) is 12.2 Å². The molecular formula is C20H19FN2O3. The minimum atomic E-state index is -0.404. The van der Waals surface area contributed by atoms with Crippen LogP contribution in [0.2, 0.25) is 0 Å². The predicted molar refractivity (Wildman–Crippen MR) is 91.0 cm³/mol. The Balaban J connectivity index is 1.44. The summed E-state index contributed by atoms with van der Waals surface area (Å²) < 4.78 is 13.2. The van der Waals surface area contributed by atoms with Gasteiger partial charge in [-0.15, -0.1) is 0 Å². The zero-order valence-electron chi connectivity index (χ0n) is 14.3. The number of imide groups is 1. The van der Waals surface area contributed by atoms with Gasteiger partial charge in [-0.1, -0.05) is 12.2 Å². The number of hydrogen-bond acceptors (Lipinski definition) is 3. The van der Waals surface area contributed by atoms with E-state index >= 15 is 0 Å². The number of carbonyl (C=O) groups excluding carboxylic acids is 3. The Kier molecular flexibility index (Phi) is 3.18. The number of likely N-dealkylation sites (tertiary alicyclic amines) is 1. The summed E-state index contributed by atoms with van der Waals surface area (Å²) in [6.45, 7) is 1.27. The summed E-state index contributed by atoms with van der Waals surface area (Å²) in [5, 5.41) is 0. The van der Waals surface area contributed by atoms with Gasteiger partial charge in [-0.25, -0.2) is 4.39 Å². The molecule has 2 bridgehead atoms. The van der Waals surface area contributed by atoms with Gasteiger partial charge in [0.2, 0.25) is 17.7 Å². The van der Waals surface area contributed by atoms with Crippen LogP contribution in [0.15, 0.2) is 36.4 Å². The van der Waals surface area contributed by atoms with Crippen LogP contribution in [0.25, 0.3) is 0 Å². The molecule has 0 N–H and O–H groups in total. The minimum Gasteiger partial charge on any atom is -0.294 e. The van der Waals surface area contributed by atoms with Gasteiger partial charge in [-0.2, -0.15) is 0 Å². The Bertz CT molecular complexity index is 813. The van der Waals surface area contributed by atoms with E-state index in [1.807, 2.05) is 0 Å². The first kappa shape index (κ1) is 15.7. The lowest BCUT2D eigenvalue weighted by Gasteiger charge is -2.37. The molecule has 0 unspecified atom stereocenters. The fourth-order valence-electron chi connectivity index (χ4n) is 5.28. The molecule has 1 aromatic carbocycles. The van der Waals surface area contributed by atoms with Gasteiger partial charge >= 0.3 is 0 Å². The lowest BCUT2D eigenvalue weighted by atomic mass is 9.63. The molecule has 1 aliphatic heterocycles.